The average Bonchev–Trinajstić information content (AvgIpc) is 2.23. The van der Waals surface area contributed by atoms with Crippen LogP contribution in [-0.4, -0.2) is 18.9 Å². The lowest BCUT2D eigenvalue weighted by Crippen LogP contribution is -2.23. The Kier molecular flexibility index (Phi) is 4.31. The number of nitrogen functional groups attached to an aromatic ring is 1. The van der Waals surface area contributed by atoms with Gasteiger partial charge < -0.3 is 15.9 Å². The zero-order valence-corrected chi connectivity index (χ0v) is 9.29. The highest BCUT2D eigenvalue weighted by Gasteiger charge is 2.11. The van der Waals surface area contributed by atoms with Gasteiger partial charge in [0.2, 0.25) is 0 Å². The van der Waals surface area contributed by atoms with Crippen molar-refractivity contribution >= 4 is 11.4 Å². The van der Waals surface area contributed by atoms with E-state index in [0.717, 1.165) is 17.7 Å². The molecule has 82 valence electrons. The van der Waals surface area contributed by atoms with Crippen molar-refractivity contribution in [2.45, 2.75) is 25.9 Å². The monoisotopic (exact) mass is 206 g/mol. The third-order valence-corrected chi connectivity index (χ3v) is 2.42. The van der Waals surface area contributed by atoms with Gasteiger partial charge in [-0.15, -0.1) is 0 Å². The van der Waals surface area contributed by atoms with Crippen LogP contribution in [0, 0.1) is 5.41 Å². The fourth-order valence-electron chi connectivity index (χ4n) is 1.52. The van der Waals surface area contributed by atoms with Crippen LogP contribution in [0.25, 0.3) is 0 Å². The van der Waals surface area contributed by atoms with Crippen molar-refractivity contribution in [2.24, 2.45) is 0 Å². The number of hydrogen-bond acceptors (Lipinski definition) is 3. The van der Waals surface area contributed by atoms with Crippen LogP contribution in [0.4, 0.5) is 5.69 Å². The van der Waals surface area contributed by atoms with Crippen LogP contribution in [0.2, 0.25) is 0 Å². The van der Waals surface area contributed by atoms with E-state index in [-0.39, 0.29) is 6.10 Å². The molecule has 0 aliphatic carbocycles. The number of rotatable bonds is 5. The van der Waals surface area contributed by atoms with Gasteiger partial charge in [0.1, 0.15) is 0 Å². The summed E-state index contributed by atoms with van der Waals surface area (Å²) in [4.78, 5) is 0. The minimum absolute atomic E-state index is 0.0671. The predicted octanol–water partition coefficient (Wildman–Crippen LogP) is 2.26. The van der Waals surface area contributed by atoms with Crippen molar-refractivity contribution in [1.82, 2.24) is 0 Å². The number of ether oxygens (including phenoxy) is 1. The normalized spacial score (nSPS) is 12.4. The van der Waals surface area contributed by atoms with Crippen LogP contribution < -0.4 is 5.73 Å². The molecule has 3 N–H and O–H groups in total. The van der Waals surface area contributed by atoms with Crippen molar-refractivity contribution in [1.29, 1.82) is 5.41 Å². The molecule has 0 aliphatic rings. The van der Waals surface area contributed by atoms with Gasteiger partial charge in [-0.3, -0.25) is 0 Å². The SMILES string of the molecule is CC[C@H](OC)C(=N)Cc1ccc(N)cc1. The van der Waals surface area contributed by atoms with Gasteiger partial charge in [-0.2, -0.15) is 0 Å². The highest BCUT2D eigenvalue weighted by Crippen LogP contribution is 2.09. The summed E-state index contributed by atoms with van der Waals surface area (Å²) in [5.74, 6) is 0. The topological polar surface area (TPSA) is 59.1 Å². The largest absolute Gasteiger partial charge is 0.399 e. The first-order valence-electron chi connectivity index (χ1n) is 5.12. The number of hydrogen-bond donors (Lipinski definition) is 2. The molecule has 1 aromatic rings. The quantitative estimate of drug-likeness (QED) is 0.573. The van der Waals surface area contributed by atoms with Crippen LogP contribution in [-0.2, 0) is 11.2 Å². The lowest BCUT2D eigenvalue weighted by molar-refractivity contribution is 0.151. The Balaban J connectivity index is 2.61. The lowest BCUT2D eigenvalue weighted by atomic mass is 10.0. The van der Waals surface area contributed by atoms with E-state index in [0.29, 0.717) is 12.1 Å². The van der Waals surface area contributed by atoms with Gasteiger partial charge in [0.05, 0.1) is 6.10 Å². The molecule has 1 rings (SSSR count). The molecule has 1 aromatic carbocycles. The summed E-state index contributed by atoms with van der Waals surface area (Å²) < 4.78 is 5.21. The third kappa shape index (κ3) is 3.36. The Bertz CT molecular complexity index is 315. The molecule has 0 spiro atoms. The van der Waals surface area contributed by atoms with Gasteiger partial charge in [0.15, 0.2) is 0 Å². The van der Waals surface area contributed by atoms with E-state index >= 15 is 0 Å². The zero-order valence-electron chi connectivity index (χ0n) is 9.29. The average molecular weight is 206 g/mol. The summed E-state index contributed by atoms with van der Waals surface area (Å²) in [5, 5.41) is 7.88. The van der Waals surface area contributed by atoms with Crippen LogP contribution in [0.1, 0.15) is 18.9 Å². The maximum absolute atomic E-state index is 7.88. The number of nitrogens with two attached hydrogens (primary N) is 1. The highest BCUT2D eigenvalue weighted by atomic mass is 16.5. The lowest BCUT2D eigenvalue weighted by Gasteiger charge is -2.14. The first-order chi connectivity index (χ1) is 7.17. The first kappa shape index (κ1) is 11.7. The van der Waals surface area contributed by atoms with Crippen LogP contribution in [0.3, 0.4) is 0 Å². The second-order valence-electron chi connectivity index (χ2n) is 3.58. The molecule has 0 radical (unpaired) electrons. The minimum atomic E-state index is -0.0671. The van der Waals surface area contributed by atoms with E-state index in [4.69, 9.17) is 15.9 Å². The van der Waals surface area contributed by atoms with Crippen molar-refractivity contribution in [3.8, 4) is 0 Å². The Hall–Kier alpha value is -1.35. The van der Waals surface area contributed by atoms with Crippen molar-refractivity contribution < 1.29 is 4.74 Å². The van der Waals surface area contributed by atoms with Gasteiger partial charge in [-0.25, -0.2) is 0 Å². The maximum atomic E-state index is 7.88. The molecule has 1 atom stereocenters. The van der Waals surface area contributed by atoms with Gasteiger partial charge in [-0.1, -0.05) is 19.1 Å². The Morgan fingerprint density at radius 2 is 2.00 bits per heavy atom. The van der Waals surface area contributed by atoms with E-state index in [2.05, 4.69) is 0 Å². The smallest absolute Gasteiger partial charge is 0.0945 e. The molecular weight excluding hydrogens is 188 g/mol. The van der Waals surface area contributed by atoms with Crippen molar-refractivity contribution in [2.75, 3.05) is 12.8 Å². The molecule has 0 heterocycles. The van der Waals surface area contributed by atoms with Crippen LogP contribution >= 0.6 is 0 Å². The summed E-state index contributed by atoms with van der Waals surface area (Å²) in [6, 6.07) is 7.62. The van der Waals surface area contributed by atoms with Crippen LogP contribution in [0.5, 0.6) is 0 Å². The number of methoxy groups -OCH3 is 1. The molecule has 0 bridgehead atoms. The molecule has 0 saturated heterocycles. The van der Waals surface area contributed by atoms with E-state index in [1.807, 2.05) is 31.2 Å². The number of benzene rings is 1. The first-order valence-corrected chi connectivity index (χ1v) is 5.12. The Morgan fingerprint density at radius 1 is 1.40 bits per heavy atom. The zero-order chi connectivity index (χ0) is 11.3. The standard InChI is InChI=1S/C12H18N2O/c1-3-12(15-2)11(14)8-9-4-6-10(13)7-5-9/h4-7,12,14H,3,8,13H2,1-2H3/t12-/m0/s1. The summed E-state index contributed by atoms with van der Waals surface area (Å²) in [7, 11) is 1.64. The Morgan fingerprint density at radius 3 is 2.47 bits per heavy atom. The Labute approximate surface area is 90.8 Å². The molecular formula is C12H18N2O. The van der Waals surface area contributed by atoms with Gasteiger partial charge in [0.25, 0.3) is 0 Å². The van der Waals surface area contributed by atoms with Gasteiger partial charge in [-0.05, 0) is 24.1 Å². The summed E-state index contributed by atoms with van der Waals surface area (Å²) in [5.41, 5.74) is 8.06. The summed E-state index contributed by atoms with van der Waals surface area (Å²) >= 11 is 0. The highest BCUT2D eigenvalue weighted by molar-refractivity contribution is 5.87. The maximum Gasteiger partial charge on any atom is 0.0945 e. The van der Waals surface area contributed by atoms with E-state index < -0.39 is 0 Å². The second-order valence-corrected chi connectivity index (χ2v) is 3.58. The second kappa shape index (κ2) is 5.51. The van der Waals surface area contributed by atoms with Crippen molar-refractivity contribution in [3.63, 3.8) is 0 Å². The summed E-state index contributed by atoms with van der Waals surface area (Å²) in [6.07, 6.45) is 1.40. The molecule has 3 heteroatoms. The molecule has 15 heavy (non-hydrogen) atoms. The molecule has 0 unspecified atom stereocenters. The molecule has 0 aromatic heterocycles. The predicted molar refractivity (Wildman–Crippen MR) is 63.4 cm³/mol. The van der Waals surface area contributed by atoms with E-state index in [1.165, 1.54) is 0 Å². The third-order valence-electron chi connectivity index (χ3n) is 2.42. The molecule has 3 nitrogen and oxygen atoms in total. The molecule has 0 saturated carbocycles. The number of nitrogens with one attached hydrogen (secondary N) is 1. The molecule has 0 amide bonds. The van der Waals surface area contributed by atoms with Gasteiger partial charge >= 0.3 is 0 Å². The van der Waals surface area contributed by atoms with E-state index in [9.17, 15) is 0 Å². The van der Waals surface area contributed by atoms with Crippen molar-refractivity contribution in [3.05, 3.63) is 29.8 Å². The summed E-state index contributed by atoms with van der Waals surface area (Å²) in [6.45, 7) is 2.02. The van der Waals surface area contributed by atoms with E-state index in [1.54, 1.807) is 7.11 Å². The fourth-order valence-corrected chi connectivity index (χ4v) is 1.52. The molecule has 0 aliphatic heterocycles. The fraction of sp³-hybridized carbons (Fsp3) is 0.417. The van der Waals surface area contributed by atoms with Gasteiger partial charge in [0, 0.05) is 24.9 Å². The molecule has 0 fully saturated rings. The van der Waals surface area contributed by atoms with Crippen LogP contribution in [0.15, 0.2) is 24.3 Å². The number of anilines is 1. The minimum Gasteiger partial charge on any atom is -0.399 e.